The number of carbonyl (C=O) groups excluding carboxylic acids is 1. The van der Waals surface area contributed by atoms with Gasteiger partial charge in [0.05, 0.1) is 5.56 Å². The molecule has 1 saturated heterocycles. The van der Waals surface area contributed by atoms with E-state index in [2.05, 4.69) is 25.7 Å². The van der Waals surface area contributed by atoms with Crippen molar-refractivity contribution in [2.45, 2.75) is 27.2 Å². The molecule has 20 heavy (non-hydrogen) atoms. The molecule has 0 aliphatic carbocycles. The molecule has 0 atom stereocenters. The minimum absolute atomic E-state index is 0.0431. The van der Waals surface area contributed by atoms with E-state index in [9.17, 15) is 4.79 Å². The van der Waals surface area contributed by atoms with Crippen molar-refractivity contribution in [1.29, 1.82) is 0 Å². The van der Waals surface area contributed by atoms with Gasteiger partial charge in [0.15, 0.2) is 0 Å². The third-order valence-electron chi connectivity index (χ3n) is 3.67. The number of likely N-dealkylation sites (tertiary alicyclic amines) is 1. The molecular formula is C17H21NO2. The van der Waals surface area contributed by atoms with Crippen molar-refractivity contribution >= 4 is 5.91 Å². The lowest BCUT2D eigenvalue weighted by Gasteiger charge is -2.20. The highest BCUT2D eigenvalue weighted by atomic mass is 16.2. The summed E-state index contributed by atoms with van der Waals surface area (Å²) in [5.41, 5.74) is 2.57. The number of hydrogen-bond donors (Lipinski definition) is 1. The van der Waals surface area contributed by atoms with Crippen LogP contribution >= 0.6 is 0 Å². The SMILES string of the molecule is Cc1ccc(C#CCO)c(C(=O)N2CCC(C)(C)C2)c1. The molecule has 0 bridgehead atoms. The molecule has 3 nitrogen and oxygen atoms in total. The number of aliphatic hydroxyl groups is 1. The Bertz CT molecular complexity index is 578. The van der Waals surface area contributed by atoms with E-state index in [4.69, 9.17) is 5.11 Å². The normalized spacial score (nSPS) is 16.7. The standard InChI is InChI=1S/C17H21NO2/c1-13-6-7-14(5-4-10-19)15(11-13)16(20)18-9-8-17(2,3)12-18/h6-7,11,19H,8-10,12H2,1-3H3. The Hall–Kier alpha value is -1.79. The molecule has 1 amide bonds. The van der Waals surface area contributed by atoms with Crippen molar-refractivity contribution in [3.63, 3.8) is 0 Å². The van der Waals surface area contributed by atoms with E-state index in [-0.39, 0.29) is 17.9 Å². The summed E-state index contributed by atoms with van der Waals surface area (Å²) in [6.07, 6.45) is 1.03. The fourth-order valence-electron chi connectivity index (χ4n) is 2.53. The zero-order chi connectivity index (χ0) is 14.8. The molecule has 0 aromatic heterocycles. The predicted molar refractivity (Wildman–Crippen MR) is 79.4 cm³/mol. The van der Waals surface area contributed by atoms with E-state index in [1.807, 2.05) is 30.0 Å². The van der Waals surface area contributed by atoms with Gasteiger partial charge in [-0.3, -0.25) is 4.79 Å². The Kier molecular flexibility index (Phi) is 4.15. The van der Waals surface area contributed by atoms with Gasteiger partial charge in [-0.15, -0.1) is 0 Å². The highest BCUT2D eigenvalue weighted by molar-refractivity contribution is 5.97. The first-order valence-corrected chi connectivity index (χ1v) is 6.93. The highest BCUT2D eigenvalue weighted by Crippen LogP contribution is 2.30. The molecule has 0 radical (unpaired) electrons. The molecule has 0 spiro atoms. The second-order valence-electron chi connectivity index (χ2n) is 6.15. The molecule has 0 saturated carbocycles. The van der Waals surface area contributed by atoms with Crippen molar-refractivity contribution < 1.29 is 9.90 Å². The van der Waals surface area contributed by atoms with Crippen LogP contribution in [0, 0.1) is 24.2 Å². The fraction of sp³-hybridized carbons (Fsp3) is 0.471. The number of aliphatic hydroxyl groups excluding tert-OH is 1. The Morgan fingerprint density at radius 2 is 2.20 bits per heavy atom. The van der Waals surface area contributed by atoms with Crippen LogP contribution in [-0.4, -0.2) is 35.6 Å². The zero-order valence-corrected chi connectivity index (χ0v) is 12.4. The maximum Gasteiger partial charge on any atom is 0.255 e. The van der Waals surface area contributed by atoms with E-state index < -0.39 is 0 Å². The van der Waals surface area contributed by atoms with E-state index in [0.29, 0.717) is 11.1 Å². The van der Waals surface area contributed by atoms with E-state index in [1.54, 1.807) is 0 Å². The van der Waals surface area contributed by atoms with Crippen LogP contribution in [0.2, 0.25) is 0 Å². The number of amides is 1. The first-order valence-electron chi connectivity index (χ1n) is 6.93. The monoisotopic (exact) mass is 271 g/mol. The predicted octanol–water partition coefficient (Wildman–Crippen LogP) is 2.21. The average Bonchev–Trinajstić information content (AvgIpc) is 2.77. The van der Waals surface area contributed by atoms with Crippen LogP contribution in [0.1, 0.15) is 41.8 Å². The summed E-state index contributed by atoms with van der Waals surface area (Å²) in [6.45, 7) is 7.72. The van der Waals surface area contributed by atoms with E-state index >= 15 is 0 Å². The second kappa shape index (κ2) is 5.68. The molecule has 1 aromatic rings. The van der Waals surface area contributed by atoms with Crippen molar-refractivity contribution in [2.24, 2.45) is 5.41 Å². The molecule has 1 heterocycles. The van der Waals surface area contributed by atoms with Crippen LogP contribution in [0.5, 0.6) is 0 Å². The number of benzene rings is 1. The average molecular weight is 271 g/mol. The summed E-state index contributed by atoms with van der Waals surface area (Å²) in [6, 6.07) is 5.67. The maximum absolute atomic E-state index is 12.7. The van der Waals surface area contributed by atoms with Crippen LogP contribution < -0.4 is 0 Å². The molecule has 1 aromatic carbocycles. The summed E-state index contributed by atoms with van der Waals surface area (Å²) in [5.74, 6) is 5.53. The van der Waals surface area contributed by atoms with Gasteiger partial charge < -0.3 is 10.0 Å². The molecule has 0 unspecified atom stereocenters. The number of hydrogen-bond acceptors (Lipinski definition) is 2. The molecule has 2 rings (SSSR count). The lowest BCUT2D eigenvalue weighted by atomic mass is 9.93. The van der Waals surface area contributed by atoms with Gasteiger partial charge in [-0.2, -0.15) is 0 Å². The third-order valence-corrected chi connectivity index (χ3v) is 3.67. The quantitative estimate of drug-likeness (QED) is 0.796. The molecular weight excluding hydrogens is 250 g/mol. The van der Waals surface area contributed by atoms with Crippen molar-refractivity contribution in [3.05, 3.63) is 34.9 Å². The lowest BCUT2D eigenvalue weighted by molar-refractivity contribution is 0.0778. The number of rotatable bonds is 1. The molecule has 1 aliphatic rings. The smallest absolute Gasteiger partial charge is 0.255 e. The Labute approximate surface area is 120 Å². The molecule has 1 N–H and O–H groups in total. The first-order chi connectivity index (χ1) is 9.43. The van der Waals surface area contributed by atoms with Gasteiger partial charge >= 0.3 is 0 Å². The third kappa shape index (κ3) is 3.20. The van der Waals surface area contributed by atoms with Crippen LogP contribution in [0.4, 0.5) is 0 Å². The lowest BCUT2D eigenvalue weighted by Crippen LogP contribution is -2.30. The van der Waals surface area contributed by atoms with Gasteiger partial charge in [0, 0.05) is 18.7 Å². The Morgan fingerprint density at radius 3 is 2.80 bits per heavy atom. The Balaban J connectivity index is 2.31. The van der Waals surface area contributed by atoms with Crippen LogP contribution in [-0.2, 0) is 0 Å². The first kappa shape index (κ1) is 14.6. The number of carbonyl (C=O) groups is 1. The number of aryl methyl sites for hydroxylation is 1. The largest absolute Gasteiger partial charge is 0.384 e. The highest BCUT2D eigenvalue weighted by Gasteiger charge is 2.32. The summed E-state index contributed by atoms with van der Waals surface area (Å²) in [4.78, 5) is 14.6. The molecule has 106 valence electrons. The van der Waals surface area contributed by atoms with Crippen LogP contribution in [0.3, 0.4) is 0 Å². The maximum atomic E-state index is 12.7. The summed E-state index contributed by atoms with van der Waals surface area (Å²) >= 11 is 0. The summed E-state index contributed by atoms with van der Waals surface area (Å²) < 4.78 is 0. The topological polar surface area (TPSA) is 40.5 Å². The van der Waals surface area contributed by atoms with Gasteiger partial charge in [0.25, 0.3) is 5.91 Å². The van der Waals surface area contributed by atoms with Crippen LogP contribution in [0.25, 0.3) is 0 Å². The fourth-order valence-corrected chi connectivity index (χ4v) is 2.53. The van der Waals surface area contributed by atoms with Gasteiger partial charge in [-0.1, -0.05) is 37.3 Å². The number of nitrogens with zero attached hydrogens (tertiary/aromatic N) is 1. The molecule has 3 heteroatoms. The van der Waals surface area contributed by atoms with E-state index in [0.717, 1.165) is 25.1 Å². The second-order valence-corrected chi connectivity index (χ2v) is 6.15. The Morgan fingerprint density at radius 1 is 1.45 bits per heavy atom. The molecule has 1 fully saturated rings. The van der Waals surface area contributed by atoms with Gasteiger partial charge in [-0.05, 0) is 30.9 Å². The van der Waals surface area contributed by atoms with E-state index in [1.165, 1.54) is 0 Å². The minimum atomic E-state index is -0.196. The van der Waals surface area contributed by atoms with Gasteiger partial charge in [-0.25, -0.2) is 0 Å². The molecule has 1 aliphatic heterocycles. The van der Waals surface area contributed by atoms with Gasteiger partial charge in [0.2, 0.25) is 0 Å². The summed E-state index contributed by atoms with van der Waals surface area (Å²) in [5, 5.41) is 8.82. The van der Waals surface area contributed by atoms with Crippen molar-refractivity contribution in [1.82, 2.24) is 4.90 Å². The van der Waals surface area contributed by atoms with Crippen molar-refractivity contribution in [3.8, 4) is 11.8 Å². The zero-order valence-electron chi connectivity index (χ0n) is 12.4. The van der Waals surface area contributed by atoms with Gasteiger partial charge in [0.1, 0.15) is 6.61 Å². The minimum Gasteiger partial charge on any atom is -0.384 e. The summed E-state index contributed by atoms with van der Waals surface area (Å²) in [7, 11) is 0. The van der Waals surface area contributed by atoms with Crippen LogP contribution in [0.15, 0.2) is 18.2 Å². The van der Waals surface area contributed by atoms with Crippen molar-refractivity contribution in [2.75, 3.05) is 19.7 Å².